The summed E-state index contributed by atoms with van der Waals surface area (Å²) in [7, 11) is 1.89. The van der Waals surface area contributed by atoms with Gasteiger partial charge in [-0.25, -0.2) is 4.99 Å². The zero-order valence-electron chi connectivity index (χ0n) is 8.49. The molecular formula is C11H15N3. The Hall–Kier alpha value is -1.77. The molecule has 0 spiro atoms. The molecule has 3 nitrogen and oxygen atoms in total. The van der Waals surface area contributed by atoms with Crippen LogP contribution in [0.15, 0.2) is 35.5 Å². The monoisotopic (exact) mass is 189 g/mol. The van der Waals surface area contributed by atoms with Crippen LogP contribution in [0.5, 0.6) is 0 Å². The molecule has 0 atom stereocenters. The average Bonchev–Trinajstić information content (AvgIpc) is 2.18. The molecule has 0 aliphatic carbocycles. The van der Waals surface area contributed by atoms with Crippen LogP contribution in [0, 0.1) is 0 Å². The van der Waals surface area contributed by atoms with E-state index in [0.717, 1.165) is 11.3 Å². The lowest BCUT2D eigenvalue weighted by molar-refractivity contribution is 1.46. The van der Waals surface area contributed by atoms with Crippen molar-refractivity contribution in [1.82, 2.24) is 0 Å². The second-order valence-corrected chi connectivity index (χ2v) is 2.92. The molecule has 0 aromatic heterocycles. The van der Waals surface area contributed by atoms with Crippen molar-refractivity contribution in [1.29, 1.82) is 0 Å². The van der Waals surface area contributed by atoms with Crippen LogP contribution in [0.25, 0.3) is 6.08 Å². The molecule has 0 fully saturated rings. The van der Waals surface area contributed by atoms with Gasteiger partial charge in [0, 0.05) is 18.9 Å². The lowest BCUT2D eigenvalue weighted by Gasteiger charge is -2.03. The highest BCUT2D eigenvalue weighted by molar-refractivity contribution is 5.78. The number of anilines is 1. The molecule has 0 aliphatic rings. The second-order valence-electron chi connectivity index (χ2n) is 2.92. The SMILES string of the molecule is CNc1ccccc1/C=C\N=C(C)N. The fourth-order valence-corrected chi connectivity index (χ4v) is 1.11. The number of amidine groups is 1. The molecule has 0 heterocycles. The molecule has 0 amide bonds. The van der Waals surface area contributed by atoms with Gasteiger partial charge in [-0.15, -0.1) is 0 Å². The minimum absolute atomic E-state index is 0.559. The van der Waals surface area contributed by atoms with E-state index in [1.54, 1.807) is 13.1 Å². The van der Waals surface area contributed by atoms with Crippen molar-refractivity contribution < 1.29 is 0 Å². The Labute approximate surface area is 84.4 Å². The Morgan fingerprint density at radius 1 is 1.43 bits per heavy atom. The maximum atomic E-state index is 5.41. The fourth-order valence-electron chi connectivity index (χ4n) is 1.11. The van der Waals surface area contributed by atoms with Crippen molar-refractivity contribution in [2.24, 2.45) is 10.7 Å². The Kier molecular flexibility index (Phi) is 3.73. The van der Waals surface area contributed by atoms with Crippen molar-refractivity contribution >= 4 is 17.6 Å². The largest absolute Gasteiger partial charge is 0.388 e. The van der Waals surface area contributed by atoms with E-state index in [0.29, 0.717) is 5.84 Å². The fraction of sp³-hybridized carbons (Fsp3) is 0.182. The van der Waals surface area contributed by atoms with E-state index < -0.39 is 0 Å². The first-order chi connectivity index (χ1) is 6.74. The third kappa shape index (κ3) is 2.94. The van der Waals surface area contributed by atoms with Gasteiger partial charge in [0.05, 0.1) is 5.84 Å². The maximum absolute atomic E-state index is 5.41. The molecule has 1 rings (SSSR count). The van der Waals surface area contributed by atoms with Gasteiger partial charge in [-0.3, -0.25) is 0 Å². The average molecular weight is 189 g/mol. The third-order valence-corrected chi connectivity index (χ3v) is 1.76. The number of benzene rings is 1. The Balaban J connectivity index is 2.85. The van der Waals surface area contributed by atoms with Gasteiger partial charge in [0.2, 0.25) is 0 Å². The summed E-state index contributed by atoms with van der Waals surface area (Å²) < 4.78 is 0. The standard InChI is InChI=1S/C11H15N3/c1-9(12)14-8-7-10-5-3-4-6-11(10)13-2/h3-8,13H,1-2H3,(H2,12,14)/b8-7-. The molecule has 0 aliphatic heterocycles. The summed E-state index contributed by atoms with van der Waals surface area (Å²) in [6.45, 7) is 1.76. The number of aliphatic imine (C=N–C) groups is 1. The summed E-state index contributed by atoms with van der Waals surface area (Å²) >= 11 is 0. The summed E-state index contributed by atoms with van der Waals surface area (Å²) in [4.78, 5) is 3.98. The summed E-state index contributed by atoms with van der Waals surface area (Å²) in [5.74, 6) is 0.559. The first-order valence-corrected chi connectivity index (χ1v) is 4.47. The normalized spacial score (nSPS) is 12.0. The quantitative estimate of drug-likeness (QED) is 0.565. The number of nitrogens with zero attached hydrogens (tertiary/aromatic N) is 1. The van der Waals surface area contributed by atoms with Crippen LogP contribution in [-0.2, 0) is 0 Å². The zero-order valence-corrected chi connectivity index (χ0v) is 8.49. The van der Waals surface area contributed by atoms with E-state index in [-0.39, 0.29) is 0 Å². The molecule has 0 saturated heterocycles. The van der Waals surface area contributed by atoms with Gasteiger partial charge >= 0.3 is 0 Å². The molecule has 14 heavy (non-hydrogen) atoms. The number of nitrogens with one attached hydrogen (secondary N) is 1. The molecular weight excluding hydrogens is 174 g/mol. The van der Waals surface area contributed by atoms with Gasteiger partial charge in [0.25, 0.3) is 0 Å². The van der Waals surface area contributed by atoms with Crippen LogP contribution in [0.4, 0.5) is 5.69 Å². The van der Waals surface area contributed by atoms with Gasteiger partial charge in [-0.2, -0.15) is 0 Å². The number of para-hydroxylation sites is 1. The van der Waals surface area contributed by atoms with Crippen LogP contribution in [-0.4, -0.2) is 12.9 Å². The predicted molar refractivity (Wildman–Crippen MR) is 62.3 cm³/mol. The van der Waals surface area contributed by atoms with E-state index in [4.69, 9.17) is 5.73 Å². The van der Waals surface area contributed by atoms with Crippen molar-refractivity contribution in [2.45, 2.75) is 6.92 Å². The van der Waals surface area contributed by atoms with Crippen molar-refractivity contribution in [2.75, 3.05) is 12.4 Å². The van der Waals surface area contributed by atoms with Gasteiger partial charge in [0.1, 0.15) is 0 Å². The smallest absolute Gasteiger partial charge is 0.0957 e. The minimum Gasteiger partial charge on any atom is -0.388 e. The van der Waals surface area contributed by atoms with Gasteiger partial charge in [-0.1, -0.05) is 18.2 Å². The van der Waals surface area contributed by atoms with Crippen LogP contribution in [0.2, 0.25) is 0 Å². The highest BCUT2D eigenvalue weighted by atomic mass is 14.8. The van der Waals surface area contributed by atoms with Crippen molar-refractivity contribution in [3.63, 3.8) is 0 Å². The number of hydrogen-bond acceptors (Lipinski definition) is 2. The van der Waals surface area contributed by atoms with E-state index >= 15 is 0 Å². The van der Waals surface area contributed by atoms with E-state index in [2.05, 4.69) is 10.3 Å². The number of nitrogens with two attached hydrogens (primary N) is 1. The van der Waals surface area contributed by atoms with E-state index in [1.807, 2.05) is 37.4 Å². The van der Waals surface area contributed by atoms with Crippen LogP contribution >= 0.6 is 0 Å². The molecule has 1 aromatic rings. The third-order valence-electron chi connectivity index (χ3n) is 1.76. The second kappa shape index (κ2) is 5.07. The number of hydrogen-bond donors (Lipinski definition) is 2. The lowest BCUT2D eigenvalue weighted by Crippen LogP contribution is -2.03. The predicted octanol–water partition coefficient (Wildman–Crippen LogP) is 2.08. The molecule has 0 radical (unpaired) electrons. The molecule has 0 saturated carbocycles. The Bertz CT molecular complexity index is 349. The Morgan fingerprint density at radius 3 is 2.79 bits per heavy atom. The van der Waals surface area contributed by atoms with Crippen LogP contribution in [0.1, 0.15) is 12.5 Å². The molecule has 3 N–H and O–H groups in total. The molecule has 0 unspecified atom stereocenters. The molecule has 3 heteroatoms. The van der Waals surface area contributed by atoms with Crippen molar-refractivity contribution in [3.8, 4) is 0 Å². The number of rotatable bonds is 3. The van der Waals surface area contributed by atoms with Crippen LogP contribution in [0.3, 0.4) is 0 Å². The van der Waals surface area contributed by atoms with Gasteiger partial charge in [-0.05, 0) is 24.6 Å². The summed E-state index contributed by atoms with van der Waals surface area (Å²) in [6.07, 6.45) is 3.62. The van der Waals surface area contributed by atoms with E-state index in [9.17, 15) is 0 Å². The van der Waals surface area contributed by atoms with E-state index in [1.165, 1.54) is 0 Å². The summed E-state index contributed by atoms with van der Waals surface area (Å²) in [6, 6.07) is 8.00. The summed E-state index contributed by atoms with van der Waals surface area (Å²) in [5, 5.41) is 3.10. The maximum Gasteiger partial charge on any atom is 0.0957 e. The minimum atomic E-state index is 0.559. The Morgan fingerprint density at radius 2 is 2.14 bits per heavy atom. The lowest BCUT2D eigenvalue weighted by atomic mass is 10.2. The first kappa shape index (κ1) is 10.3. The first-order valence-electron chi connectivity index (χ1n) is 4.47. The highest BCUT2D eigenvalue weighted by Gasteiger charge is 1.93. The molecule has 1 aromatic carbocycles. The van der Waals surface area contributed by atoms with Crippen molar-refractivity contribution in [3.05, 3.63) is 36.0 Å². The van der Waals surface area contributed by atoms with Gasteiger partial charge < -0.3 is 11.1 Å². The van der Waals surface area contributed by atoms with Gasteiger partial charge in [0.15, 0.2) is 0 Å². The van der Waals surface area contributed by atoms with Crippen LogP contribution < -0.4 is 11.1 Å². The summed E-state index contributed by atoms with van der Waals surface area (Å²) in [5.41, 5.74) is 7.58. The molecule has 0 bridgehead atoms. The highest BCUT2D eigenvalue weighted by Crippen LogP contribution is 2.15. The topological polar surface area (TPSA) is 50.4 Å². The molecule has 74 valence electrons. The zero-order chi connectivity index (χ0) is 10.4.